The van der Waals surface area contributed by atoms with Gasteiger partial charge in [-0.15, -0.1) is 0 Å². The van der Waals surface area contributed by atoms with Crippen LogP contribution < -0.4 is 5.14 Å². The van der Waals surface area contributed by atoms with Gasteiger partial charge in [0.25, 0.3) is 0 Å². The maximum absolute atomic E-state index is 8.81. The number of thiol groups is 1. The van der Waals surface area contributed by atoms with Gasteiger partial charge in [0.1, 0.15) is 0 Å². The molecular weight excluding hydrogens is 258 g/mol. The van der Waals surface area contributed by atoms with Crippen molar-refractivity contribution in [1.29, 1.82) is 0 Å². The molecule has 0 saturated carbocycles. The zero-order valence-corrected chi connectivity index (χ0v) is 12.3. The fourth-order valence-corrected chi connectivity index (χ4v) is 1.89. The van der Waals surface area contributed by atoms with Gasteiger partial charge in [-0.1, -0.05) is 42.5 Å². The zero-order valence-electron chi connectivity index (χ0n) is 11.4. The van der Waals surface area contributed by atoms with Gasteiger partial charge in [0.2, 0.25) is 0 Å². The van der Waals surface area contributed by atoms with Crippen LogP contribution in [0.25, 0.3) is 11.1 Å². The van der Waals surface area contributed by atoms with Crippen molar-refractivity contribution in [3.05, 3.63) is 59.2 Å². The second-order valence-electron chi connectivity index (χ2n) is 4.33. The number of rotatable bonds is 1. The fourth-order valence-electron chi connectivity index (χ4n) is 1.89. The van der Waals surface area contributed by atoms with Gasteiger partial charge in [-0.05, 0) is 48.6 Å². The molecule has 2 aromatic carbocycles. The van der Waals surface area contributed by atoms with E-state index in [9.17, 15) is 0 Å². The molecule has 2 rings (SSSR count). The minimum absolute atomic E-state index is 1.30. The van der Waals surface area contributed by atoms with E-state index >= 15 is 0 Å². The molecule has 0 bridgehead atoms. The number of benzene rings is 2. The predicted octanol–water partition coefficient (Wildman–Crippen LogP) is 2.75. The van der Waals surface area contributed by atoms with Crippen molar-refractivity contribution >= 4 is 10.9 Å². The van der Waals surface area contributed by atoms with Crippen LogP contribution in [-0.2, 0) is 10.9 Å². The lowest BCUT2D eigenvalue weighted by Crippen LogP contribution is -1.90. The molecule has 0 aliphatic heterocycles. The monoisotopic (exact) mass is 277 g/mol. The van der Waals surface area contributed by atoms with E-state index in [1.807, 2.05) is 0 Å². The molecule has 102 valence electrons. The van der Waals surface area contributed by atoms with Crippen LogP contribution in [0.5, 0.6) is 0 Å². The van der Waals surface area contributed by atoms with Gasteiger partial charge < -0.3 is 0 Å². The predicted molar refractivity (Wildman–Crippen MR) is 80.6 cm³/mol. The summed E-state index contributed by atoms with van der Waals surface area (Å²) in [6.45, 7) is 6.55. The van der Waals surface area contributed by atoms with Gasteiger partial charge in [-0.2, -0.15) is 0 Å². The van der Waals surface area contributed by atoms with E-state index in [4.69, 9.17) is 8.42 Å². The molecule has 0 radical (unpaired) electrons. The molecule has 0 aromatic heterocycles. The van der Waals surface area contributed by atoms with Gasteiger partial charge in [-0.3, -0.25) is 0 Å². The first-order valence-corrected chi connectivity index (χ1v) is 7.19. The van der Waals surface area contributed by atoms with Crippen LogP contribution in [0.1, 0.15) is 16.7 Å². The van der Waals surface area contributed by atoms with Crippen molar-refractivity contribution in [2.75, 3.05) is 0 Å². The number of aryl methyl sites for hydroxylation is 1. The third-order valence-corrected chi connectivity index (χ3v) is 3.14. The smallest absolute Gasteiger partial charge is 0.198 e. The first kappa shape index (κ1) is 15.4. The van der Waals surface area contributed by atoms with E-state index in [1.165, 1.54) is 27.8 Å². The summed E-state index contributed by atoms with van der Waals surface area (Å²) in [6.07, 6.45) is 0. The van der Waals surface area contributed by atoms with Crippen LogP contribution in [0, 0.1) is 20.8 Å². The van der Waals surface area contributed by atoms with E-state index in [0.29, 0.717) is 0 Å². The van der Waals surface area contributed by atoms with Gasteiger partial charge in [0.15, 0.2) is 10.9 Å². The van der Waals surface area contributed by atoms with Crippen LogP contribution >= 0.6 is 0 Å². The lowest BCUT2D eigenvalue weighted by molar-refractivity contribution is 0.616. The highest BCUT2D eigenvalue weighted by atomic mass is 32.2. The normalized spacial score (nSPS) is 9.95. The van der Waals surface area contributed by atoms with Crippen molar-refractivity contribution in [3.63, 3.8) is 0 Å². The Morgan fingerprint density at radius 3 is 1.89 bits per heavy atom. The minimum atomic E-state index is -2.62. The van der Waals surface area contributed by atoms with Gasteiger partial charge in [0.05, 0.1) is 0 Å². The zero-order chi connectivity index (χ0) is 14.4. The summed E-state index contributed by atoms with van der Waals surface area (Å²) in [4.78, 5) is 0. The molecule has 0 fully saturated rings. The third-order valence-electron chi connectivity index (χ3n) is 3.14. The second-order valence-corrected chi connectivity index (χ2v) is 4.90. The molecule has 2 N–H and O–H groups in total. The largest absolute Gasteiger partial charge is 0.231 e. The van der Waals surface area contributed by atoms with Crippen LogP contribution in [0.15, 0.2) is 42.5 Å². The standard InChI is InChI=1S/C15H16.H3NO2S/c1-11-9-10-15(13(3)12(11)2)14-7-5-4-6-8-14;1-4(2)3/h4-10H,1-3H3;4H,(H2,1,2,3). The van der Waals surface area contributed by atoms with Crippen LogP contribution in [0.2, 0.25) is 0 Å². The quantitative estimate of drug-likeness (QED) is 0.787. The highest BCUT2D eigenvalue weighted by molar-refractivity contribution is 7.69. The van der Waals surface area contributed by atoms with Gasteiger partial charge >= 0.3 is 0 Å². The Morgan fingerprint density at radius 2 is 1.37 bits per heavy atom. The number of hydrogen-bond donors (Lipinski definition) is 2. The summed E-state index contributed by atoms with van der Waals surface area (Å²) >= 11 is 0. The van der Waals surface area contributed by atoms with E-state index in [2.05, 4.69) is 68.4 Å². The molecule has 0 aliphatic rings. The molecular formula is C15H19NO2S. The Hall–Kier alpha value is -1.65. The molecule has 0 spiro atoms. The van der Waals surface area contributed by atoms with Crippen molar-refractivity contribution < 1.29 is 8.42 Å². The maximum Gasteiger partial charge on any atom is 0.198 e. The van der Waals surface area contributed by atoms with E-state index in [0.717, 1.165) is 0 Å². The topological polar surface area (TPSA) is 60.2 Å². The summed E-state index contributed by atoms with van der Waals surface area (Å²) in [5, 5.41) is 4.06. The Balaban J connectivity index is 0.000000399. The molecule has 4 heteroatoms. The van der Waals surface area contributed by atoms with E-state index in [1.54, 1.807) is 0 Å². The first-order chi connectivity index (χ1) is 8.93. The highest BCUT2D eigenvalue weighted by Gasteiger charge is 2.04. The van der Waals surface area contributed by atoms with Crippen LogP contribution in [0.3, 0.4) is 0 Å². The SMILES string of the molecule is Cc1ccc(-c2ccccc2)c(C)c1C.N[SH](=O)=O. The number of nitrogens with two attached hydrogens (primary N) is 1. The minimum Gasteiger partial charge on any atom is -0.231 e. The van der Waals surface area contributed by atoms with Crippen LogP contribution in [-0.4, -0.2) is 8.42 Å². The lowest BCUT2D eigenvalue weighted by atomic mass is 9.94. The summed E-state index contributed by atoms with van der Waals surface area (Å²) in [5.41, 5.74) is 6.81. The maximum atomic E-state index is 8.81. The lowest BCUT2D eigenvalue weighted by Gasteiger charge is -2.11. The van der Waals surface area contributed by atoms with Crippen molar-refractivity contribution in [2.24, 2.45) is 5.14 Å². The summed E-state index contributed by atoms with van der Waals surface area (Å²) in [7, 11) is -2.62. The number of hydrogen-bond acceptors (Lipinski definition) is 2. The van der Waals surface area contributed by atoms with Gasteiger partial charge in [0, 0.05) is 0 Å². The molecule has 0 atom stereocenters. The van der Waals surface area contributed by atoms with Crippen molar-refractivity contribution in [3.8, 4) is 11.1 Å². The molecule has 0 aliphatic carbocycles. The molecule has 0 unspecified atom stereocenters. The Bertz CT molecular complexity index is 612. The van der Waals surface area contributed by atoms with E-state index in [-0.39, 0.29) is 0 Å². The molecule has 3 nitrogen and oxygen atoms in total. The molecule has 0 heterocycles. The molecule has 19 heavy (non-hydrogen) atoms. The molecule has 0 saturated heterocycles. The average Bonchev–Trinajstić information content (AvgIpc) is 2.37. The fraction of sp³-hybridized carbons (Fsp3) is 0.200. The molecule has 0 amide bonds. The third kappa shape index (κ3) is 4.50. The molecule has 2 aromatic rings. The summed E-state index contributed by atoms with van der Waals surface area (Å²) in [6, 6.07) is 15.0. The average molecular weight is 277 g/mol. The van der Waals surface area contributed by atoms with Crippen molar-refractivity contribution in [1.82, 2.24) is 0 Å². The Labute approximate surface area is 116 Å². The van der Waals surface area contributed by atoms with Gasteiger partial charge in [-0.25, -0.2) is 13.6 Å². The second kappa shape index (κ2) is 7.07. The van der Waals surface area contributed by atoms with E-state index < -0.39 is 10.9 Å². The Morgan fingerprint density at radius 1 is 0.842 bits per heavy atom. The first-order valence-electron chi connectivity index (χ1n) is 5.94. The Kier molecular flexibility index (Phi) is 5.73. The summed E-state index contributed by atoms with van der Waals surface area (Å²) in [5.74, 6) is 0. The highest BCUT2D eigenvalue weighted by Crippen LogP contribution is 2.26. The van der Waals surface area contributed by atoms with Crippen LogP contribution in [0.4, 0.5) is 0 Å². The summed E-state index contributed by atoms with van der Waals surface area (Å²) < 4.78 is 17.6. The van der Waals surface area contributed by atoms with Crippen molar-refractivity contribution in [2.45, 2.75) is 20.8 Å².